The summed E-state index contributed by atoms with van der Waals surface area (Å²) in [4.78, 5) is 12.1. The van der Waals surface area contributed by atoms with Gasteiger partial charge in [0.15, 0.2) is 0 Å². The topological polar surface area (TPSA) is 87.1 Å². The van der Waals surface area contributed by atoms with E-state index in [1.165, 1.54) is 0 Å². The first-order valence-corrected chi connectivity index (χ1v) is 8.37. The minimum absolute atomic E-state index is 0.0557. The van der Waals surface area contributed by atoms with Crippen molar-refractivity contribution in [3.05, 3.63) is 5.01 Å². The lowest BCUT2D eigenvalue weighted by molar-refractivity contribution is -0.138. The molecule has 1 heterocycles. The van der Waals surface area contributed by atoms with Crippen LogP contribution in [-0.4, -0.2) is 33.5 Å². The Kier molecular flexibility index (Phi) is 5.10. The highest BCUT2D eigenvalue weighted by Gasteiger charge is 2.43. The van der Waals surface area contributed by atoms with Crippen LogP contribution in [-0.2, 0) is 6.18 Å². The number of hydrogen-bond acceptors (Lipinski definition) is 5. The highest BCUT2D eigenvalue weighted by molar-refractivity contribution is 7.15. The lowest BCUT2D eigenvalue weighted by Gasteiger charge is -2.47. The Morgan fingerprint density at radius 1 is 1.38 bits per heavy atom. The predicted molar refractivity (Wildman–Crippen MR) is 83.7 cm³/mol. The first kappa shape index (κ1) is 18.9. The molecule has 1 fully saturated rings. The van der Waals surface area contributed by atoms with Crippen LogP contribution >= 0.6 is 11.3 Å². The molecule has 1 aliphatic rings. The number of hydrogen-bond donors (Lipinski definition) is 3. The lowest BCUT2D eigenvalue weighted by Crippen LogP contribution is -2.58. The molecule has 1 saturated carbocycles. The van der Waals surface area contributed by atoms with Crippen LogP contribution in [0.15, 0.2) is 0 Å². The van der Waals surface area contributed by atoms with E-state index in [2.05, 4.69) is 34.7 Å². The van der Waals surface area contributed by atoms with E-state index in [0.717, 1.165) is 6.42 Å². The van der Waals surface area contributed by atoms with Crippen LogP contribution in [0.5, 0.6) is 0 Å². The first-order valence-electron chi connectivity index (χ1n) is 7.55. The molecule has 136 valence electrons. The molecule has 2 amide bonds. The van der Waals surface area contributed by atoms with Gasteiger partial charge in [0.2, 0.25) is 10.1 Å². The summed E-state index contributed by atoms with van der Waals surface area (Å²) < 4.78 is 37.5. The van der Waals surface area contributed by atoms with E-state index in [9.17, 15) is 23.1 Å². The average Bonchev–Trinajstić information content (AvgIpc) is 2.84. The number of carbonyl (C=O) groups is 1. The highest BCUT2D eigenvalue weighted by atomic mass is 32.1. The van der Waals surface area contributed by atoms with Crippen LogP contribution in [0.1, 0.15) is 45.0 Å². The molecule has 6 nitrogen and oxygen atoms in total. The van der Waals surface area contributed by atoms with Crippen molar-refractivity contribution in [3.8, 4) is 0 Å². The van der Waals surface area contributed by atoms with Crippen molar-refractivity contribution >= 4 is 22.5 Å². The molecule has 0 unspecified atom stereocenters. The molecule has 1 aromatic rings. The summed E-state index contributed by atoms with van der Waals surface area (Å²) in [6, 6.07) is -0.696. The maximum absolute atomic E-state index is 12.5. The molecule has 0 aliphatic heterocycles. The van der Waals surface area contributed by atoms with Crippen LogP contribution in [0.25, 0.3) is 0 Å². The molecule has 2 atom stereocenters. The number of amides is 2. The largest absolute Gasteiger partial charge is 0.445 e. The zero-order valence-corrected chi connectivity index (χ0v) is 14.5. The van der Waals surface area contributed by atoms with Gasteiger partial charge in [-0.2, -0.15) is 13.2 Å². The highest BCUT2D eigenvalue weighted by Crippen LogP contribution is 2.43. The summed E-state index contributed by atoms with van der Waals surface area (Å²) in [5, 5.41) is 19.8. The van der Waals surface area contributed by atoms with Gasteiger partial charge in [-0.15, -0.1) is 10.2 Å². The molecule has 0 aromatic carbocycles. The number of aromatic nitrogens is 2. The quantitative estimate of drug-likeness (QED) is 0.766. The molecule has 1 aliphatic carbocycles. The summed E-state index contributed by atoms with van der Waals surface area (Å²) in [5.74, 6) is 0.305. The Morgan fingerprint density at radius 2 is 2.04 bits per heavy atom. The van der Waals surface area contributed by atoms with Gasteiger partial charge < -0.3 is 10.4 Å². The summed E-state index contributed by atoms with van der Waals surface area (Å²) in [6.07, 6.45) is -2.44. The maximum Gasteiger partial charge on any atom is 0.445 e. The molecule has 0 spiro atoms. The van der Waals surface area contributed by atoms with Crippen molar-refractivity contribution in [2.45, 2.75) is 51.7 Å². The van der Waals surface area contributed by atoms with Gasteiger partial charge in [-0.25, -0.2) is 4.79 Å². The summed E-state index contributed by atoms with van der Waals surface area (Å²) in [5.41, 5.74) is -0.858. The number of aliphatic hydroxyl groups excluding tert-OH is 1. The van der Waals surface area contributed by atoms with E-state index in [0.29, 0.717) is 18.8 Å². The molecule has 0 radical (unpaired) electrons. The van der Waals surface area contributed by atoms with Crippen LogP contribution in [0.2, 0.25) is 0 Å². The van der Waals surface area contributed by atoms with E-state index in [-0.39, 0.29) is 28.5 Å². The molecule has 3 N–H and O–H groups in total. The molecule has 0 bridgehead atoms. The lowest BCUT2D eigenvalue weighted by atomic mass is 9.64. The number of anilines is 1. The molecule has 10 heteroatoms. The summed E-state index contributed by atoms with van der Waals surface area (Å²) >= 11 is 0.255. The zero-order valence-electron chi connectivity index (χ0n) is 13.7. The van der Waals surface area contributed by atoms with Crippen molar-refractivity contribution in [2.24, 2.45) is 11.3 Å². The fourth-order valence-corrected chi connectivity index (χ4v) is 4.36. The molecule has 1 aromatic heterocycles. The van der Waals surface area contributed by atoms with Gasteiger partial charge >= 0.3 is 12.2 Å². The van der Waals surface area contributed by atoms with Crippen molar-refractivity contribution in [1.29, 1.82) is 0 Å². The van der Waals surface area contributed by atoms with Crippen LogP contribution < -0.4 is 10.6 Å². The normalized spacial score (nSPS) is 26.9. The number of aliphatic hydroxyl groups is 1. The van der Waals surface area contributed by atoms with Crippen molar-refractivity contribution in [2.75, 3.05) is 11.9 Å². The molecule has 0 saturated heterocycles. The van der Waals surface area contributed by atoms with Gasteiger partial charge in [-0.05, 0) is 30.6 Å². The Morgan fingerprint density at radius 3 is 2.54 bits per heavy atom. The van der Waals surface area contributed by atoms with E-state index in [4.69, 9.17) is 0 Å². The minimum Gasteiger partial charge on any atom is -0.394 e. The Hall–Kier alpha value is -1.42. The van der Waals surface area contributed by atoms with Gasteiger partial charge in [0.1, 0.15) is 0 Å². The van der Waals surface area contributed by atoms with E-state index in [1.54, 1.807) is 0 Å². The second kappa shape index (κ2) is 6.47. The van der Waals surface area contributed by atoms with Gasteiger partial charge in [0.05, 0.1) is 12.1 Å². The fraction of sp³-hybridized carbons (Fsp3) is 0.786. The van der Waals surface area contributed by atoms with Crippen LogP contribution in [0.3, 0.4) is 0 Å². The van der Waals surface area contributed by atoms with E-state index < -0.39 is 22.8 Å². The summed E-state index contributed by atoms with van der Waals surface area (Å²) in [6.45, 7) is 5.93. The monoisotopic (exact) mass is 366 g/mol. The number of carbonyl (C=O) groups excluding carboxylic acids is 1. The number of halogens is 3. The van der Waals surface area contributed by atoms with Crippen LogP contribution in [0.4, 0.5) is 23.1 Å². The average molecular weight is 366 g/mol. The third-order valence-electron chi connectivity index (χ3n) is 4.03. The van der Waals surface area contributed by atoms with Gasteiger partial charge in [-0.1, -0.05) is 32.1 Å². The fourth-order valence-electron chi connectivity index (χ4n) is 3.76. The molecular formula is C14H21F3N4O2S. The Balaban J connectivity index is 2.06. The van der Waals surface area contributed by atoms with Gasteiger partial charge in [0, 0.05) is 0 Å². The van der Waals surface area contributed by atoms with Gasteiger partial charge in [-0.3, -0.25) is 5.32 Å². The Labute approximate surface area is 141 Å². The van der Waals surface area contributed by atoms with E-state index >= 15 is 0 Å². The SMILES string of the molecule is C[C@@H]1CC(C)(C)C[C@](CO)(NC(=O)Nc2nnc(C(F)(F)F)s2)C1. The Bertz CT molecular complexity index is 605. The predicted octanol–water partition coefficient (Wildman–Crippen LogP) is 3.26. The number of urea groups is 1. The number of nitrogens with one attached hydrogen (secondary N) is 2. The molecule has 24 heavy (non-hydrogen) atoms. The molecular weight excluding hydrogens is 345 g/mol. The van der Waals surface area contributed by atoms with Crippen molar-refractivity contribution in [1.82, 2.24) is 15.5 Å². The second-order valence-electron chi connectivity index (χ2n) is 7.28. The smallest absolute Gasteiger partial charge is 0.394 e. The maximum atomic E-state index is 12.5. The molecule has 2 rings (SSSR count). The second-order valence-corrected chi connectivity index (χ2v) is 8.26. The van der Waals surface area contributed by atoms with Crippen molar-refractivity contribution in [3.63, 3.8) is 0 Å². The number of alkyl halides is 3. The number of nitrogens with zero attached hydrogens (tertiary/aromatic N) is 2. The first-order chi connectivity index (χ1) is 10.9. The van der Waals surface area contributed by atoms with Crippen molar-refractivity contribution < 1.29 is 23.1 Å². The summed E-state index contributed by atoms with van der Waals surface area (Å²) in [7, 11) is 0. The minimum atomic E-state index is -4.59. The third-order valence-corrected chi connectivity index (χ3v) is 4.91. The van der Waals surface area contributed by atoms with Gasteiger partial charge in [0.25, 0.3) is 0 Å². The number of rotatable bonds is 3. The zero-order chi connectivity index (χ0) is 18.2. The standard InChI is InChI=1S/C14H21F3N4O2S/c1-8-4-12(2,3)6-13(5-8,7-22)19-10(23)18-11-21-20-9(24-11)14(15,16)17/h8,22H,4-7H2,1-3H3,(H2,18,19,21,23)/t8-,13-/m1/s1. The van der Waals surface area contributed by atoms with Crippen LogP contribution in [0, 0.1) is 11.3 Å². The third kappa shape index (κ3) is 4.56. The van der Waals surface area contributed by atoms with E-state index in [1.807, 2.05) is 6.92 Å².